The monoisotopic (exact) mass is 508 g/mol. The number of ether oxygens (including phenoxy) is 1. The fraction of sp³-hybridized carbons (Fsp3) is 0.429. The highest BCUT2D eigenvalue weighted by Gasteiger charge is 2.40. The lowest BCUT2D eigenvalue weighted by Gasteiger charge is -2.37. The average Bonchev–Trinajstić information content (AvgIpc) is 3.18. The van der Waals surface area contributed by atoms with Gasteiger partial charge in [-0.25, -0.2) is 4.39 Å². The molecule has 9 heteroatoms. The third-order valence-electron chi connectivity index (χ3n) is 6.63. The van der Waals surface area contributed by atoms with Gasteiger partial charge in [0.05, 0.1) is 24.6 Å². The standard InChI is InChI=1S/C28H33FN4O4/c1-5-37-27(36)18-14-20(15-18)30-26(35)24(28(2,3)4)31-25(34)23-21-8-6-7-9-22(21)33(32-23)16-17-10-12-19(29)13-11-17/h6-13,18,20,24H,5,14-16H2,1-4H3,(H,30,35)(H,31,34)/t18?,20?,24-/m1/s1. The second-order valence-corrected chi connectivity index (χ2v) is 10.5. The van der Waals surface area contributed by atoms with Crippen LogP contribution in [0.25, 0.3) is 10.9 Å². The second-order valence-electron chi connectivity index (χ2n) is 10.5. The average molecular weight is 509 g/mol. The highest BCUT2D eigenvalue weighted by molar-refractivity contribution is 6.06. The molecule has 4 rings (SSSR count). The van der Waals surface area contributed by atoms with E-state index in [2.05, 4.69) is 15.7 Å². The van der Waals surface area contributed by atoms with Crippen molar-refractivity contribution in [2.45, 2.75) is 59.2 Å². The number of carbonyl (C=O) groups is 3. The fourth-order valence-corrected chi connectivity index (χ4v) is 4.53. The predicted molar refractivity (Wildman–Crippen MR) is 137 cm³/mol. The van der Waals surface area contributed by atoms with Crippen LogP contribution in [0, 0.1) is 17.2 Å². The zero-order valence-corrected chi connectivity index (χ0v) is 21.6. The van der Waals surface area contributed by atoms with Crippen LogP contribution in [0.5, 0.6) is 0 Å². The molecule has 37 heavy (non-hydrogen) atoms. The summed E-state index contributed by atoms with van der Waals surface area (Å²) in [6.07, 6.45) is 1.04. The summed E-state index contributed by atoms with van der Waals surface area (Å²) in [5.41, 5.74) is 1.24. The summed E-state index contributed by atoms with van der Waals surface area (Å²) in [6.45, 7) is 8.10. The smallest absolute Gasteiger partial charge is 0.309 e. The van der Waals surface area contributed by atoms with Crippen LogP contribution in [0.4, 0.5) is 4.39 Å². The summed E-state index contributed by atoms with van der Waals surface area (Å²) in [5, 5.41) is 11.1. The van der Waals surface area contributed by atoms with Crippen molar-refractivity contribution in [3.8, 4) is 0 Å². The summed E-state index contributed by atoms with van der Waals surface area (Å²) in [4.78, 5) is 38.5. The molecular formula is C28H33FN4O4. The summed E-state index contributed by atoms with van der Waals surface area (Å²) in [7, 11) is 0. The minimum Gasteiger partial charge on any atom is -0.466 e. The molecule has 196 valence electrons. The van der Waals surface area contributed by atoms with Crippen molar-refractivity contribution in [1.29, 1.82) is 0 Å². The van der Waals surface area contributed by atoms with E-state index in [9.17, 15) is 18.8 Å². The lowest BCUT2D eigenvalue weighted by atomic mass is 9.79. The van der Waals surface area contributed by atoms with Gasteiger partial charge in [0.15, 0.2) is 5.69 Å². The minimum atomic E-state index is -0.817. The van der Waals surface area contributed by atoms with Crippen LogP contribution in [0.3, 0.4) is 0 Å². The van der Waals surface area contributed by atoms with Crippen LogP contribution < -0.4 is 10.6 Å². The van der Waals surface area contributed by atoms with E-state index in [-0.39, 0.29) is 35.3 Å². The van der Waals surface area contributed by atoms with Crippen molar-refractivity contribution in [2.24, 2.45) is 11.3 Å². The van der Waals surface area contributed by atoms with E-state index in [1.165, 1.54) is 12.1 Å². The molecule has 1 atom stereocenters. The Morgan fingerprint density at radius 3 is 2.43 bits per heavy atom. The van der Waals surface area contributed by atoms with Crippen molar-refractivity contribution in [1.82, 2.24) is 20.4 Å². The molecule has 1 aliphatic rings. The zero-order valence-electron chi connectivity index (χ0n) is 21.6. The molecule has 1 heterocycles. The number of halogens is 1. The molecule has 1 aromatic heterocycles. The van der Waals surface area contributed by atoms with E-state index in [0.29, 0.717) is 31.4 Å². The Bertz CT molecular complexity index is 1290. The predicted octanol–water partition coefficient (Wildman–Crippen LogP) is 3.83. The van der Waals surface area contributed by atoms with Crippen LogP contribution in [0.15, 0.2) is 48.5 Å². The van der Waals surface area contributed by atoms with E-state index < -0.39 is 17.4 Å². The highest BCUT2D eigenvalue weighted by Crippen LogP contribution is 2.30. The van der Waals surface area contributed by atoms with Gasteiger partial charge in [-0.2, -0.15) is 5.10 Å². The fourth-order valence-electron chi connectivity index (χ4n) is 4.53. The van der Waals surface area contributed by atoms with E-state index in [0.717, 1.165) is 11.1 Å². The van der Waals surface area contributed by atoms with Gasteiger partial charge in [-0.05, 0) is 48.9 Å². The largest absolute Gasteiger partial charge is 0.466 e. The molecule has 0 spiro atoms. The maximum Gasteiger partial charge on any atom is 0.309 e. The van der Waals surface area contributed by atoms with Crippen molar-refractivity contribution in [3.05, 3.63) is 65.6 Å². The van der Waals surface area contributed by atoms with Gasteiger partial charge in [-0.1, -0.05) is 51.1 Å². The molecule has 0 saturated heterocycles. The Labute approximate surface area is 215 Å². The van der Waals surface area contributed by atoms with Gasteiger partial charge in [0.25, 0.3) is 5.91 Å². The van der Waals surface area contributed by atoms with E-state index in [1.807, 2.05) is 45.0 Å². The molecule has 1 fully saturated rings. The van der Waals surface area contributed by atoms with Crippen molar-refractivity contribution in [3.63, 3.8) is 0 Å². The SMILES string of the molecule is CCOC(=O)C1CC(NC(=O)[C@@H](NC(=O)c2nn(Cc3ccc(F)cc3)c3ccccc23)C(C)(C)C)C1. The number of esters is 1. The van der Waals surface area contributed by atoms with E-state index in [4.69, 9.17) is 4.74 Å². The number of aromatic nitrogens is 2. The zero-order chi connectivity index (χ0) is 26.7. The lowest BCUT2D eigenvalue weighted by Crippen LogP contribution is -2.57. The summed E-state index contributed by atoms with van der Waals surface area (Å²) in [5.74, 6) is -1.52. The van der Waals surface area contributed by atoms with Crippen LogP contribution in [-0.2, 0) is 20.9 Å². The first-order chi connectivity index (χ1) is 17.6. The number of carbonyl (C=O) groups excluding carboxylic acids is 3. The molecule has 0 radical (unpaired) electrons. The van der Waals surface area contributed by atoms with E-state index in [1.54, 1.807) is 23.7 Å². The highest BCUT2D eigenvalue weighted by atomic mass is 19.1. The molecule has 0 aliphatic heterocycles. The maximum atomic E-state index is 13.4. The van der Waals surface area contributed by atoms with Gasteiger partial charge >= 0.3 is 5.97 Å². The normalized spacial score (nSPS) is 18.1. The topological polar surface area (TPSA) is 102 Å². The number of hydrogen-bond donors (Lipinski definition) is 2. The van der Waals surface area contributed by atoms with Crippen molar-refractivity contribution < 1.29 is 23.5 Å². The Hall–Kier alpha value is -3.75. The Kier molecular flexibility index (Phi) is 7.61. The van der Waals surface area contributed by atoms with Gasteiger partial charge in [0.2, 0.25) is 5.91 Å². The van der Waals surface area contributed by atoms with Gasteiger partial charge in [0.1, 0.15) is 11.9 Å². The van der Waals surface area contributed by atoms with Crippen molar-refractivity contribution in [2.75, 3.05) is 6.61 Å². The summed E-state index contributed by atoms with van der Waals surface area (Å²) in [6, 6.07) is 12.5. The third kappa shape index (κ3) is 5.98. The molecule has 2 aromatic carbocycles. The molecule has 2 amide bonds. The first-order valence-electron chi connectivity index (χ1n) is 12.5. The number of benzene rings is 2. The first-order valence-corrected chi connectivity index (χ1v) is 12.5. The Morgan fingerprint density at radius 2 is 1.78 bits per heavy atom. The van der Waals surface area contributed by atoms with Crippen LogP contribution in [0.1, 0.15) is 56.6 Å². The number of amides is 2. The van der Waals surface area contributed by atoms with Crippen LogP contribution in [0.2, 0.25) is 0 Å². The number of nitrogens with one attached hydrogen (secondary N) is 2. The number of hydrogen-bond acceptors (Lipinski definition) is 5. The quantitative estimate of drug-likeness (QED) is 0.451. The molecule has 0 bridgehead atoms. The van der Waals surface area contributed by atoms with Crippen LogP contribution >= 0.6 is 0 Å². The minimum absolute atomic E-state index is 0.139. The number of nitrogens with zero attached hydrogens (tertiary/aromatic N) is 2. The van der Waals surface area contributed by atoms with Crippen LogP contribution in [-0.4, -0.2) is 46.3 Å². The molecule has 1 saturated carbocycles. The second kappa shape index (κ2) is 10.7. The maximum absolute atomic E-state index is 13.4. The number of fused-ring (bicyclic) bond motifs is 1. The van der Waals surface area contributed by atoms with Gasteiger partial charge in [0, 0.05) is 11.4 Å². The lowest BCUT2D eigenvalue weighted by molar-refractivity contribution is -0.152. The van der Waals surface area contributed by atoms with Gasteiger partial charge in [-0.15, -0.1) is 0 Å². The Balaban J connectivity index is 1.50. The first kappa shape index (κ1) is 26.3. The number of para-hydroxylation sites is 1. The molecule has 1 aliphatic carbocycles. The van der Waals surface area contributed by atoms with Gasteiger partial charge in [-0.3, -0.25) is 19.1 Å². The Morgan fingerprint density at radius 1 is 1.11 bits per heavy atom. The van der Waals surface area contributed by atoms with Gasteiger partial charge < -0.3 is 15.4 Å². The van der Waals surface area contributed by atoms with Crippen molar-refractivity contribution >= 4 is 28.7 Å². The molecule has 0 unspecified atom stereocenters. The third-order valence-corrected chi connectivity index (χ3v) is 6.63. The summed E-state index contributed by atoms with van der Waals surface area (Å²) < 4.78 is 20.1. The molecule has 2 N–H and O–H groups in total. The summed E-state index contributed by atoms with van der Waals surface area (Å²) >= 11 is 0. The molecule has 8 nitrogen and oxygen atoms in total. The number of rotatable bonds is 8. The molecule has 3 aromatic rings. The van der Waals surface area contributed by atoms with E-state index >= 15 is 0 Å². The molecular weight excluding hydrogens is 475 g/mol.